The van der Waals surface area contributed by atoms with E-state index in [1.807, 2.05) is 49.2 Å². The quantitative estimate of drug-likeness (QED) is 0.540. The average Bonchev–Trinajstić information content (AvgIpc) is 3.68. The van der Waals surface area contributed by atoms with Crippen LogP contribution in [0.25, 0.3) is 0 Å². The number of likely N-dealkylation sites (tertiary alicyclic amines) is 1. The van der Waals surface area contributed by atoms with Crippen LogP contribution in [-0.2, 0) is 23.1 Å². The Balaban J connectivity index is 1.37. The average molecular weight is 504 g/mol. The van der Waals surface area contributed by atoms with Gasteiger partial charge in [0.15, 0.2) is 0 Å². The monoisotopic (exact) mass is 503 g/mol. The molecule has 1 aliphatic heterocycles. The Hall–Kier alpha value is -2.57. The molecule has 4 aliphatic rings. The molecular weight excluding hydrogens is 462 g/mol. The standard InChI is InChI=1S/C31H41N3O3/c1-19-26(35)11-8-23-17-27-31(37)13-12-25(33(3)28(36)16-21-6-9-24(32)10-7-21)20(2)30(31,29(19)23)14-15-34(27)18-22-4-5-22/h6-11,20,22,25,27,35,37H,4-5,12-18,32H2,1-3H3. The molecule has 6 rings (SSSR count). The lowest BCUT2D eigenvalue weighted by molar-refractivity contribution is -0.197. The molecule has 37 heavy (non-hydrogen) atoms. The van der Waals surface area contributed by atoms with Crippen molar-refractivity contribution in [2.45, 2.75) is 81.9 Å². The number of phenols is 1. The first-order valence-electron chi connectivity index (χ1n) is 14.0. The molecule has 2 aromatic rings. The van der Waals surface area contributed by atoms with Crippen molar-refractivity contribution < 1.29 is 15.0 Å². The van der Waals surface area contributed by atoms with E-state index in [9.17, 15) is 15.0 Å². The van der Waals surface area contributed by atoms with Crippen LogP contribution >= 0.6 is 0 Å². The van der Waals surface area contributed by atoms with Crippen LogP contribution in [-0.4, -0.2) is 63.7 Å². The zero-order chi connectivity index (χ0) is 26.1. The number of nitrogens with two attached hydrogens (primary N) is 1. The van der Waals surface area contributed by atoms with Gasteiger partial charge >= 0.3 is 0 Å². The second kappa shape index (κ2) is 8.74. The first-order valence-corrected chi connectivity index (χ1v) is 14.0. The van der Waals surface area contributed by atoms with E-state index in [1.165, 1.54) is 18.4 Å². The summed E-state index contributed by atoms with van der Waals surface area (Å²) in [4.78, 5) is 18.0. The van der Waals surface area contributed by atoms with Crippen LogP contribution in [0.2, 0.25) is 0 Å². The summed E-state index contributed by atoms with van der Waals surface area (Å²) in [5.41, 5.74) is 9.43. The van der Waals surface area contributed by atoms with Crippen LogP contribution in [0.1, 0.15) is 61.3 Å². The smallest absolute Gasteiger partial charge is 0.226 e. The van der Waals surface area contributed by atoms with Gasteiger partial charge in [0.2, 0.25) is 5.91 Å². The maximum atomic E-state index is 13.5. The summed E-state index contributed by atoms with van der Waals surface area (Å²) in [6.07, 6.45) is 6.07. The molecule has 2 bridgehead atoms. The zero-order valence-corrected chi connectivity index (χ0v) is 22.4. The van der Waals surface area contributed by atoms with Gasteiger partial charge in [0.25, 0.3) is 0 Å². The Bertz CT molecular complexity index is 1210. The third kappa shape index (κ3) is 3.70. The number of piperidine rings is 1. The van der Waals surface area contributed by atoms with E-state index in [1.54, 1.807) is 0 Å². The van der Waals surface area contributed by atoms with Gasteiger partial charge in [-0.1, -0.05) is 25.1 Å². The third-order valence-electron chi connectivity index (χ3n) is 10.5. The first kappa shape index (κ1) is 24.7. The minimum atomic E-state index is -0.873. The van der Waals surface area contributed by atoms with Crippen LogP contribution in [0.15, 0.2) is 36.4 Å². The predicted octanol–water partition coefficient (Wildman–Crippen LogP) is 3.79. The van der Waals surface area contributed by atoms with Crippen molar-refractivity contribution in [1.29, 1.82) is 0 Å². The Morgan fingerprint density at radius 1 is 1.14 bits per heavy atom. The summed E-state index contributed by atoms with van der Waals surface area (Å²) in [7, 11) is 1.93. The van der Waals surface area contributed by atoms with E-state index < -0.39 is 11.0 Å². The number of anilines is 1. The predicted molar refractivity (Wildman–Crippen MR) is 145 cm³/mol. The minimum absolute atomic E-state index is 0.0184. The van der Waals surface area contributed by atoms with Crippen molar-refractivity contribution in [3.8, 4) is 5.75 Å². The number of hydrogen-bond acceptors (Lipinski definition) is 5. The molecule has 3 fully saturated rings. The Morgan fingerprint density at radius 2 is 1.86 bits per heavy atom. The summed E-state index contributed by atoms with van der Waals surface area (Å²) < 4.78 is 0. The number of likely N-dealkylation sites (N-methyl/N-ethyl adjacent to an activating group) is 1. The molecule has 5 unspecified atom stereocenters. The summed E-state index contributed by atoms with van der Waals surface area (Å²) in [5.74, 6) is 1.22. The van der Waals surface area contributed by atoms with Gasteiger partial charge in [0, 0.05) is 36.8 Å². The summed E-state index contributed by atoms with van der Waals surface area (Å²) in [6.45, 7) is 6.28. The summed E-state index contributed by atoms with van der Waals surface area (Å²) in [6, 6.07) is 11.5. The van der Waals surface area contributed by atoms with E-state index in [2.05, 4.69) is 17.9 Å². The number of nitrogens with zero attached hydrogens (tertiary/aromatic N) is 2. The number of fused-ring (bicyclic) bond motifs is 1. The van der Waals surface area contributed by atoms with Crippen LogP contribution in [0.4, 0.5) is 5.69 Å². The third-order valence-corrected chi connectivity index (χ3v) is 10.5. The van der Waals surface area contributed by atoms with Crippen LogP contribution < -0.4 is 5.73 Å². The molecule has 2 saturated carbocycles. The molecular formula is C31H41N3O3. The molecule has 4 N–H and O–H groups in total. The van der Waals surface area contributed by atoms with Crippen molar-refractivity contribution in [3.63, 3.8) is 0 Å². The molecule has 6 nitrogen and oxygen atoms in total. The van der Waals surface area contributed by atoms with Gasteiger partial charge in [-0.15, -0.1) is 0 Å². The number of aromatic hydroxyl groups is 1. The first-order chi connectivity index (χ1) is 17.7. The molecule has 5 atom stereocenters. The number of phenolic OH excluding ortho intramolecular Hbond substituents is 1. The molecule has 1 amide bonds. The Labute approximate surface area is 220 Å². The molecule has 0 radical (unpaired) electrons. The zero-order valence-electron chi connectivity index (χ0n) is 22.4. The lowest BCUT2D eigenvalue weighted by Gasteiger charge is -2.68. The van der Waals surface area contributed by atoms with Gasteiger partial charge in [0.05, 0.1) is 12.0 Å². The molecule has 198 valence electrons. The molecule has 1 saturated heterocycles. The Kier molecular flexibility index (Phi) is 5.85. The molecule has 1 heterocycles. The van der Waals surface area contributed by atoms with E-state index in [-0.39, 0.29) is 23.9 Å². The fourth-order valence-electron chi connectivity index (χ4n) is 8.37. The Morgan fingerprint density at radius 3 is 2.57 bits per heavy atom. The van der Waals surface area contributed by atoms with Crippen molar-refractivity contribution in [3.05, 3.63) is 58.7 Å². The molecule has 0 aromatic heterocycles. The maximum Gasteiger partial charge on any atom is 0.226 e. The minimum Gasteiger partial charge on any atom is -0.508 e. The van der Waals surface area contributed by atoms with E-state index in [0.717, 1.165) is 55.0 Å². The number of benzene rings is 2. The van der Waals surface area contributed by atoms with Crippen molar-refractivity contribution in [2.24, 2.45) is 11.8 Å². The van der Waals surface area contributed by atoms with Gasteiger partial charge in [0.1, 0.15) is 5.75 Å². The van der Waals surface area contributed by atoms with Gasteiger partial charge in [-0.25, -0.2) is 0 Å². The second-order valence-electron chi connectivity index (χ2n) is 12.4. The normalized spacial score (nSPS) is 32.9. The van der Waals surface area contributed by atoms with Crippen LogP contribution in [0.5, 0.6) is 5.75 Å². The highest BCUT2D eigenvalue weighted by Crippen LogP contribution is 2.62. The number of aliphatic hydroxyl groups is 1. The van der Waals surface area contributed by atoms with E-state index in [0.29, 0.717) is 24.3 Å². The van der Waals surface area contributed by atoms with E-state index in [4.69, 9.17) is 5.73 Å². The van der Waals surface area contributed by atoms with Crippen molar-refractivity contribution >= 4 is 11.6 Å². The largest absolute Gasteiger partial charge is 0.508 e. The van der Waals surface area contributed by atoms with Crippen molar-refractivity contribution in [2.75, 3.05) is 25.9 Å². The number of nitrogen functional groups attached to an aromatic ring is 1. The molecule has 2 aromatic carbocycles. The number of carbonyl (C=O) groups is 1. The van der Waals surface area contributed by atoms with Crippen molar-refractivity contribution in [1.82, 2.24) is 9.80 Å². The lowest BCUT2D eigenvalue weighted by atomic mass is 9.44. The van der Waals surface area contributed by atoms with Gasteiger partial charge in [-0.2, -0.15) is 0 Å². The number of amides is 1. The van der Waals surface area contributed by atoms with Crippen LogP contribution in [0, 0.1) is 18.8 Å². The molecule has 0 spiro atoms. The number of hydrogen-bond donors (Lipinski definition) is 3. The van der Waals surface area contributed by atoms with E-state index >= 15 is 0 Å². The fraction of sp³-hybridized carbons (Fsp3) is 0.581. The number of rotatable bonds is 5. The van der Waals surface area contributed by atoms with Crippen LogP contribution in [0.3, 0.4) is 0 Å². The highest BCUT2D eigenvalue weighted by atomic mass is 16.3. The number of carbonyl (C=O) groups excluding carboxylic acids is 1. The van der Waals surface area contributed by atoms with Gasteiger partial charge in [-0.3, -0.25) is 9.69 Å². The highest BCUT2D eigenvalue weighted by molar-refractivity contribution is 5.79. The van der Waals surface area contributed by atoms with Gasteiger partial charge in [-0.05, 0) is 104 Å². The highest BCUT2D eigenvalue weighted by Gasteiger charge is 2.68. The molecule has 6 heteroatoms. The SMILES string of the molecule is Cc1c(O)ccc2c1C13CCN(CC4CC4)C(C2)C1(O)CCC(N(C)C(=O)Cc1ccc(N)cc1)C3C. The topological polar surface area (TPSA) is 90.0 Å². The summed E-state index contributed by atoms with van der Waals surface area (Å²) >= 11 is 0. The fourth-order valence-corrected chi connectivity index (χ4v) is 8.37. The lowest BCUT2D eigenvalue weighted by Crippen LogP contribution is -2.77. The maximum absolute atomic E-state index is 13.5. The second-order valence-corrected chi connectivity index (χ2v) is 12.4. The summed E-state index contributed by atoms with van der Waals surface area (Å²) in [5, 5.41) is 23.5. The van der Waals surface area contributed by atoms with Gasteiger partial charge < -0.3 is 20.8 Å². The molecule has 3 aliphatic carbocycles.